The Morgan fingerprint density at radius 3 is 2.27 bits per heavy atom. The van der Waals surface area contributed by atoms with Gasteiger partial charge < -0.3 is 9.80 Å². The molecule has 3 unspecified atom stereocenters. The SMILES string of the molecule is CC12CCC(C(=O)N3CCN(c4ncccn4)CC3)(C(Br)C1=O)C2(C)C. The molecular weight excluding hydrogens is 396 g/mol. The molecular formula is C19H25BrN4O2. The molecule has 2 bridgehead atoms. The van der Waals surface area contributed by atoms with Crippen molar-refractivity contribution in [2.24, 2.45) is 16.2 Å². The number of Topliss-reactive ketones (excluding diaryl/α,β-unsaturated/α-hetero) is 1. The molecule has 0 aromatic carbocycles. The van der Waals surface area contributed by atoms with E-state index in [1.54, 1.807) is 18.5 Å². The fourth-order valence-corrected chi connectivity index (χ4v) is 6.77. The van der Waals surface area contributed by atoms with Crippen molar-refractivity contribution in [1.29, 1.82) is 0 Å². The zero-order valence-corrected chi connectivity index (χ0v) is 17.1. The zero-order valence-electron chi connectivity index (χ0n) is 15.5. The van der Waals surface area contributed by atoms with Crippen molar-refractivity contribution < 1.29 is 9.59 Å². The number of hydrogen-bond donors (Lipinski definition) is 0. The van der Waals surface area contributed by atoms with Gasteiger partial charge in [-0.15, -0.1) is 0 Å². The van der Waals surface area contributed by atoms with Gasteiger partial charge in [-0.1, -0.05) is 36.7 Å². The van der Waals surface area contributed by atoms with E-state index < -0.39 is 10.8 Å². The molecule has 1 aliphatic heterocycles. The minimum absolute atomic E-state index is 0.132. The molecule has 3 fully saturated rings. The summed E-state index contributed by atoms with van der Waals surface area (Å²) in [6.45, 7) is 8.94. The minimum atomic E-state index is -0.635. The van der Waals surface area contributed by atoms with Crippen molar-refractivity contribution in [3.63, 3.8) is 0 Å². The van der Waals surface area contributed by atoms with E-state index in [9.17, 15) is 9.59 Å². The molecule has 2 saturated carbocycles. The monoisotopic (exact) mass is 420 g/mol. The van der Waals surface area contributed by atoms with Gasteiger partial charge in [0.1, 0.15) is 0 Å². The third-order valence-corrected chi connectivity index (χ3v) is 8.70. The number of fused-ring (bicyclic) bond motifs is 2. The molecule has 2 aliphatic carbocycles. The maximum Gasteiger partial charge on any atom is 0.231 e. The van der Waals surface area contributed by atoms with Gasteiger partial charge in [-0.05, 0) is 24.3 Å². The van der Waals surface area contributed by atoms with E-state index in [1.165, 1.54) is 0 Å². The summed E-state index contributed by atoms with van der Waals surface area (Å²) in [4.78, 5) is 38.8. The summed E-state index contributed by atoms with van der Waals surface area (Å²) in [5.41, 5.74) is -1.40. The molecule has 1 aromatic rings. The van der Waals surface area contributed by atoms with E-state index in [2.05, 4.69) is 44.6 Å². The summed E-state index contributed by atoms with van der Waals surface area (Å²) in [5, 5.41) is 0. The Labute approximate surface area is 162 Å². The lowest BCUT2D eigenvalue weighted by molar-refractivity contribution is -0.147. The topological polar surface area (TPSA) is 66.4 Å². The van der Waals surface area contributed by atoms with E-state index in [0.717, 1.165) is 12.8 Å². The van der Waals surface area contributed by atoms with Gasteiger partial charge in [0.15, 0.2) is 5.78 Å². The van der Waals surface area contributed by atoms with Crippen molar-refractivity contribution in [2.75, 3.05) is 31.1 Å². The molecule has 0 N–H and O–H groups in total. The summed E-state index contributed by atoms with van der Waals surface area (Å²) < 4.78 is 0. The third kappa shape index (κ3) is 2.03. The third-order valence-electron chi connectivity index (χ3n) is 7.50. The first kappa shape index (κ1) is 17.9. The van der Waals surface area contributed by atoms with Crippen molar-refractivity contribution in [2.45, 2.75) is 38.4 Å². The van der Waals surface area contributed by atoms with Gasteiger partial charge in [0.2, 0.25) is 11.9 Å². The van der Waals surface area contributed by atoms with E-state index in [0.29, 0.717) is 32.1 Å². The van der Waals surface area contributed by atoms with Crippen molar-refractivity contribution in [1.82, 2.24) is 14.9 Å². The Bertz CT molecular complexity index is 747. The summed E-state index contributed by atoms with van der Waals surface area (Å²) >= 11 is 3.62. The first-order valence-electron chi connectivity index (χ1n) is 9.25. The highest BCUT2D eigenvalue weighted by molar-refractivity contribution is 9.10. The molecule has 1 saturated heterocycles. The van der Waals surface area contributed by atoms with Gasteiger partial charge >= 0.3 is 0 Å². The average Bonchev–Trinajstić information content (AvgIpc) is 2.93. The number of amides is 1. The van der Waals surface area contributed by atoms with Gasteiger partial charge in [0.05, 0.1) is 10.2 Å². The molecule has 1 amide bonds. The van der Waals surface area contributed by atoms with Crippen LogP contribution in [0.2, 0.25) is 0 Å². The molecule has 7 heteroatoms. The van der Waals surface area contributed by atoms with Gasteiger partial charge in [0.25, 0.3) is 0 Å². The van der Waals surface area contributed by atoms with Crippen LogP contribution >= 0.6 is 15.9 Å². The molecule has 3 atom stereocenters. The highest BCUT2D eigenvalue weighted by Gasteiger charge is 2.77. The van der Waals surface area contributed by atoms with Crippen LogP contribution < -0.4 is 4.90 Å². The number of aromatic nitrogens is 2. The van der Waals surface area contributed by atoms with Crippen molar-refractivity contribution >= 4 is 33.6 Å². The van der Waals surface area contributed by atoms with Gasteiger partial charge in [-0.2, -0.15) is 0 Å². The van der Waals surface area contributed by atoms with E-state index in [4.69, 9.17) is 0 Å². The molecule has 2 heterocycles. The summed E-state index contributed by atoms with van der Waals surface area (Å²) in [5.74, 6) is 1.03. The van der Waals surface area contributed by atoms with Crippen LogP contribution in [0.3, 0.4) is 0 Å². The lowest BCUT2D eigenvalue weighted by Gasteiger charge is -2.45. The molecule has 0 radical (unpaired) electrons. The Kier molecular flexibility index (Phi) is 3.95. The molecule has 140 valence electrons. The van der Waals surface area contributed by atoms with Crippen LogP contribution in [0.1, 0.15) is 33.6 Å². The number of alkyl halides is 1. The number of hydrogen-bond acceptors (Lipinski definition) is 5. The second-order valence-electron chi connectivity index (χ2n) is 8.48. The molecule has 0 spiro atoms. The van der Waals surface area contributed by atoms with E-state index in [1.807, 2.05) is 11.8 Å². The lowest BCUT2D eigenvalue weighted by atomic mass is 9.64. The Hall–Kier alpha value is -1.50. The maximum atomic E-state index is 13.6. The Morgan fingerprint density at radius 2 is 1.73 bits per heavy atom. The lowest BCUT2D eigenvalue weighted by Crippen LogP contribution is -2.57. The Balaban J connectivity index is 1.55. The quantitative estimate of drug-likeness (QED) is 0.686. The molecule has 1 aromatic heterocycles. The van der Waals surface area contributed by atoms with Gasteiger partial charge in [-0.25, -0.2) is 9.97 Å². The van der Waals surface area contributed by atoms with Crippen LogP contribution in [-0.2, 0) is 9.59 Å². The molecule has 26 heavy (non-hydrogen) atoms. The van der Waals surface area contributed by atoms with Crippen molar-refractivity contribution in [3.05, 3.63) is 18.5 Å². The number of halogens is 1. The number of rotatable bonds is 2. The first-order valence-corrected chi connectivity index (χ1v) is 10.2. The van der Waals surface area contributed by atoms with Crippen molar-refractivity contribution in [3.8, 4) is 0 Å². The smallest absolute Gasteiger partial charge is 0.231 e. The Morgan fingerprint density at radius 1 is 1.12 bits per heavy atom. The number of carbonyl (C=O) groups excluding carboxylic acids is 2. The summed E-state index contributed by atoms with van der Waals surface area (Å²) in [6.07, 6.45) is 5.05. The molecule has 6 nitrogen and oxygen atoms in total. The van der Waals surface area contributed by atoms with Crippen LogP contribution in [0.5, 0.6) is 0 Å². The van der Waals surface area contributed by atoms with E-state index >= 15 is 0 Å². The summed E-state index contributed by atoms with van der Waals surface area (Å²) in [7, 11) is 0. The number of carbonyl (C=O) groups is 2. The van der Waals surface area contributed by atoms with Gasteiger partial charge in [-0.3, -0.25) is 9.59 Å². The van der Waals surface area contributed by atoms with Gasteiger partial charge in [0, 0.05) is 44.0 Å². The van der Waals surface area contributed by atoms with Crippen LogP contribution in [-0.4, -0.2) is 57.6 Å². The predicted molar refractivity (Wildman–Crippen MR) is 102 cm³/mol. The van der Waals surface area contributed by atoms with Crippen LogP contribution in [0, 0.1) is 16.2 Å². The number of piperazine rings is 1. The number of ketones is 1. The normalized spacial score (nSPS) is 35.8. The van der Waals surface area contributed by atoms with Crippen LogP contribution in [0.4, 0.5) is 5.95 Å². The standard InChI is InChI=1S/C19H25BrN4O2/c1-17(2)18(3)5-6-19(17,13(20)14(18)25)15(26)23-9-11-24(12-10-23)16-21-7-4-8-22-16/h4,7-8,13H,5-6,9-12H2,1-3H3. The second kappa shape index (κ2) is 5.75. The average molecular weight is 421 g/mol. The fraction of sp³-hybridized carbons (Fsp3) is 0.684. The highest BCUT2D eigenvalue weighted by Crippen LogP contribution is 2.72. The minimum Gasteiger partial charge on any atom is -0.339 e. The first-order chi connectivity index (χ1) is 12.3. The molecule has 4 rings (SSSR count). The number of nitrogens with zero attached hydrogens (tertiary/aromatic N) is 4. The molecule has 3 aliphatic rings. The second-order valence-corrected chi connectivity index (χ2v) is 9.40. The largest absolute Gasteiger partial charge is 0.339 e. The summed E-state index contributed by atoms with van der Waals surface area (Å²) in [6, 6.07) is 1.80. The highest BCUT2D eigenvalue weighted by atomic mass is 79.9. The maximum absolute atomic E-state index is 13.6. The van der Waals surface area contributed by atoms with E-state index in [-0.39, 0.29) is 21.9 Å². The zero-order chi connectivity index (χ0) is 18.7. The number of anilines is 1. The van der Waals surface area contributed by atoms with Crippen LogP contribution in [0.25, 0.3) is 0 Å². The predicted octanol–water partition coefficient (Wildman–Crippen LogP) is 2.28. The fourth-order valence-electron chi connectivity index (χ4n) is 5.27. The van der Waals surface area contributed by atoms with Crippen LogP contribution in [0.15, 0.2) is 18.5 Å².